The molecule has 0 bridgehead atoms. The third-order valence-electron chi connectivity index (χ3n) is 10.4. The molecule has 49 heavy (non-hydrogen) atoms. The number of alkyl halides is 5. The van der Waals surface area contributed by atoms with Crippen LogP contribution in [0.4, 0.5) is 40.8 Å². The van der Waals surface area contributed by atoms with Crippen molar-refractivity contribution in [2.24, 2.45) is 16.7 Å². The van der Waals surface area contributed by atoms with Crippen molar-refractivity contribution in [3.05, 3.63) is 57.9 Å². The van der Waals surface area contributed by atoms with Gasteiger partial charge in [-0.2, -0.15) is 13.2 Å². The van der Waals surface area contributed by atoms with Crippen LogP contribution in [0.2, 0.25) is 0 Å². The van der Waals surface area contributed by atoms with Crippen LogP contribution in [-0.2, 0) is 16.1 Å². The summed E-state index contributed by atoms with van der Waals surface area (Å²) in [6, 6.07) is 3.39. The van der Waals surface area contributed by atoms with Gasteiger partial charge in [0.05, 0.1) is 34.7 Å². The van der Waals surface area contributed by atoms with E-state index in [0.717, 1.165) is 42.2 Å². The van der Waals surface area contributed by atoms with Gasteiger partial charge in [-0.15, -0.1) is 11.3 Å². The molecule has 1 atom stereocenters. The van der Waals surface area contributed by atoms with Gasteiger partial charge in [0.15, 0.2) is 11.6 Å². The molecule has 3 heterocycles. The summed E-state index contributed by atoms with van der Waals surface area (Å²) in [5, 5.41) is 10.1. The molecule has 1 aromatic heterocycles. The van der Waals surface area contributed by atoms with Gasteiger partial charge in [-0.3, -0.25) is 4.79 Å². The topological polar surface area (TPSA) is 83.0 Å². The number of fused-ring (bicyclic) bond motifs is 1. The van der Waals surface area contributed by atoms with E-state index in [0.29, 0.717) is 10.4 Å². The van der Waals surface area contributed by atoms with Gasteiger partial charge in [0.1, 0.15) is 16.7 Å². The molecule has 16 heteroatoms. The first-order valence-electron chi connectivity index (χ1n) is 15.7. The van der Waals surface area contributed by atoms with E-state index in [-0.39, 0.29) is 67.8 Å². The Hall–Kier alpha value is -3.53. The van der Waals surface area contributed by atoms with Gasteiger partial charge in [0.25, 0.3) is 0 Å². The van der Waals surface area contributed by atoms with Crippen molar-refractivity contribution in [3.63, 3.8) is 0 Å². The maximum atomic E-state index is 15.2. The molecule has 3 aliphatic rings. The number of carbonyl (C=O) groups is 2. The van der Waals surface area contributed by atoms with Crippen LogP contribution in [0.5, 0.6) is 0 Å². The van der Waals surface area contributed by atoms with E-state index in [2.05, 4.69) is 4.98 Å². The summed E-state index contributed by atoms with van der Waals surface area (Å²) in [5.74, 6) is -9.58. The maximum absolute atomic E-state index is 15.2. The summed E-state index contributed by atoms with van der Waals surface area (Å²) in [5.41, 5.74) is -2.40. The zero-order valence-corrected chi connectivity index (χ0v) is 27.3. The van der Waals surface area contributed by atoms with Gasteiger partial charge in [0.2, 0.25) is 11.8 Å². The number of ether oxygens (including phenoxy) is 1. The van der Waals surface area contributed by atoms with Gasteiger partial charge < -0.3 is 19.6 Å². The minimum Gasteiger partial charge on any atom is -0.478 e. The Labute approximate surface area is 279 Å². The van der Waals surface area contributed by atoms with E-state index < -0.39 is 83.5 Å². The van der Waals surface area contributed by atoms with E-state index in [1.54, 1.807) is 4.90 Å². The average Bonchev–Trinajstić information content (AvgIpc) is 3.64. The Morgan fingerprint density at radius 3 is 2.37 bits per heavy atom. The number of nitrogens with zero attached hydrogens (tertiary/aromatic N) is 3. The zero-order valence-electron chi connectivity index (χ0n) is 26.5. The number of anilines is 1. The fourth-order valence-electron chi connectivity index (χ4n) is 7.39. The molecule has 3 aromatic rings. The summed E-state index contributed by atoms with van der Waals surface area (Å²) in [7, 11) is 0. The molecule has 1 saturated carbocycles. The molecule has 2 saturated heterocycles. The lowest BCUT2D eigenvalue weighted by Gasteiger charge is -2.52. The highest BCUT2D eigenvalue weighted by atomic mass is 32.1. The third kappa shape index (κ3) is 6.23. The molecule has 0 radical (unpaired) electrons. The summed E-state index contributed by atoms with van der Waals surface area (Å²) in [6.07, 6.45) is -5.61. The fraction of sp³-hybridized carbons (Fsp3) is 0.545. The highest BCUT2D eigenvalue weighted by Gasteiger charge is 2.61. The molecular formula is C33H33F8N3O4S. The third-order valence-corrected chi connectivity index (χ3v) is 11.2. The average molecular weight is 720 g/mol. The van der Waals surface area contributed by atoms with Gasteiger partial charge in [-0.05, 0) is 44.2 Å². The van der Waals surface area contributed by atoms with Gasteiger partial charge in [-0.25, -0.2) is 31.7 Å². The number of rotatable bonds is 8. The number of carbonyl (C=O) groups excluding carboxylic acids is 1. The summed E-state index contributed by atoms with van der Waals surface area (Å²) in [4.78, 5) is 32.1. The van der Waals surface area contributed by atoms with E-state index in [9.17, 15) is 45.4 Å². The first-order valence-corrected chi connectivity index (χ1v) is 16.6. The smallest absolute Gasteiger partial charge is 0.402 e. The Balaban J connectivity index is 1.26. The number of likely N-dealkylation sites (tertiary alicyclic amines) is 1. The van der Waals surface area contributed by atoms with Crippen molar-refractivity contribution in [3.8, 4) is 0 Å². The van der Waals surface area contributed by atoms with Crippen LogP contribution < -0.4 is 4.90 Å². The summed E-state index contributed by atoms with van der Waals surface area (Å²) >= 11 is 1.08. The number of aromatic carboxylic acids is 1. The molecule has 1 spiro atoms. The zero-order chi connectivity index (χ0) is 35.7. The Kier molecular flexibility index (Phi) is 8.90. The van der Waals surface area contributed by atoms with Crippen molar-refractivity contribution in [1.29, 1.82) is 0 Å². The first-order chi connectivity index (χ1) is 22.8. The molecule has 6 rings (SSSR count). The highest BCUT2D eigenvalue weighted by Crippen LogP contribution is 2.50. The van der Waals surface area contributed by atoms with E-state index >= 15 is 4.39 Å². The van der Waals surface area contributed by atoms with Gasteiger partial charge in [-0.1, -0.05) is 6.07 Å². The van der Waals surface area contributed by atoms with E-state index in [1.807, 2.05) is 0 Å². The van der Waals surface area contributed by atoms with Crippen LogP contribution >= 0.6 is 11.3 Å². The van der Waals surface area contributed by atoms with Crippen LogP contribution in [0.3, 0.4) is 0 Å². The normalized spacial score (nSPS) is 21.1. The van der Waals surface area contributed by atoms with Crippen LogP contribution in [-0.4, -0.2) is 71.8 Å². The number of halogens is 8. The molecule has 1 aliphatic carbocycles. The van der Waals surface area contributed by atoms with Crippen LogP contribution in [0, 0.1) is 34.2 Å². The minimum absolute atomic E-state index is 0.0248. The second-order valence-corrected chi connectivity index (χ2v) is 14.7. The van der Waals surface area contributed by atoms with Crippen molar-refractivity contribution >= 4 is 39.1 Å². The van der Waals surface area contributed by atoms with Gasteiger partial charge >= 0.3 is 12.1 Å². The Morgan fingerprint density at radius 1 is 1.06 bits per heavy atom. The quantitative estimate of drug-likeness (QED) is 0.240. The summed E-state index contributed by atoms with van der Waals surface area (Å²) in [6.45, 7) is 1.04. The maximum Gasteiger partial charge on any atom is 0.402 e. The number of thiazole rings is 1. The number of hydrogen-bond donors (Lipinski definition) is 1. The molecule has 0 unspecified atom stereocenters. The second kappa shape index (κ2) is 12.4. The molecular weight excluding hydrogens is 686 g/mol. The van der Waals surface area contributed by atoms with Crippen molar-refractivity contribution in [1.82, 2.24) is 9.88 Å². The van der Waals surface area contributed by atoms with E-state index in [1.165, 1.54) is 11.6 Å². The lowest BCUT2D eigenvalue weighted by Crippen LogP contribution is -2.66. The summed E-state index contributed by atoms with van der Waals surface area (Å²) < 4.78 is 119. The lowest BCUT2D eigenvalue weighted by atomic mass is 9.70. The first kappa shape index (κ1) is 35.3. The number of benzene rings is 2. The fourth-order valence-corrected chi connectivity index (χ4v) is 8.21. The highest BCUT2D eigenvalue weighted by molar-refractivity contribution is 7.17. The lowest BCUT2D eigenvalue weighted by molar-refractivity contribution is -0.223. The van der Waals surface area contributed by atoms with Crippen LogP contribution in [0.25, 0.3) is 10.2 Å². The second-order valence-electron chi connectivity index (χ2n) is 13.9. The predicted molar refractivity (Wildman–Crippen MR) is 163 cm³/mol. The molecule has 7 nitrogen and oxygen atoms in total. The van der Waals surface area contributed by atoms with Crippen molar-refractivity contribution < 1.29 is 54.6 Å². The van der Waals surface area contributed by atoms with E-state index in [4.69, 9.17) is 4.74 Å². The largest absolute Gasteiger partial charge is 0.478 e. The molecule has 2 aromatic carbocycles. The molecule has 2 aliphatic heterocycles. The van der Waals surface area contributed by atoms with Crippen LogP contribution in [0.15, 0.2) is 23.7 Å². The standard InChI is InChI=1S/C33H33F8N3O4S/c1-30(2,33(39,40)41)29(47)44-14-31(15-44)13-43(23-9-22(35)25(36)26-27(23)49-16-42-26)10-18(31)11-48-12-20-21(34)4-3-19(24(20)28(45)46)17-5-7-32(37,38)8-6-17/h3-4,9,16-18H,5-8,10-15H2,1-2H3,(H,45,46)/t18-/m0/s1. The Bertz CT molecular complexity index is 1780. The van der Waals surface area contributed by atoms with Gasteiger partial charge in [0, 0.05) is 62.0 Å². The monoisotopic (exact) mass is 719 g/mol. The number of amides is 1. The van der Waals surface area contributed by atoms with Crippen LogP contribution in [0.1, 0.15) is 66.9 Å². The molecule has 266 valence electrons. The van der Waals surface area contributed by atoms with Crippen molar-refractivity contribution in [2.45, 2.75) is 64.2 Å². The number of hydrogen-bond acceptors (Lipinski definition) is 6. The number of aromatic nitrogens is 1. The molecule has 1 amide bonds. The molecule has 3 fully saturated rings. The number of carboxylic acids is 1. The number of carboxylic acid groups (broad SMARTS) is 1. The Morgan fingerprint density at radius 2 is 1.73 bits per heavy atom. The predicted octanol–water partition coefficient (Wildman–Crippen LogP) is 7.77. The minimum atomic E-state index is -4.81. The molecule has 1 N–H and O–H groups in total. The van der Waals surface area contributed by atoms with Crippen molar-refractivity contribution in [2.75, 3.05) is 37.7 Å². The SMILES string of the molecule is CC(C)(C(=O)N1CC2(C1)CN(c1cc(F)c(F)c3ncsc13)C[C@H]2COCc1c(F)ccc(C2CCC(F)(F)CC2)c1C(=O)O)C(F)(F)F.